The molecule has 1 rings (SSSR count). The lowest BCUT2D eigenvalue weighted by atomic mass is 10.3. The van der Waals surface area contributed by atoms with Gasteiger partial charge in [0.05, 0.1) is 0 Å². The maximum absolute atomic E-state index is 10.4. The third-order valence-electron chi connectivity index (χ3n) is 1.31. The number of carbonyl (C=O) groups is 2. The van der Waals surface area contributed by atoms with Crippen LogP contribution in [0.25, 0.3) is 0 Å². The average Bonchev–Trinajstić information content (AvgIpc) is 2.04. The van der Waals surface area contributed by atoms with E-state index in [2.05, 4.69) is 4.99 Å². The molecule has 6 nitrogen and oxygen atoms in total. The summed E-state index contributed by atoms with van der Waals surface area (Å²) in [6, 6.07) is -1.22. The Hall–Kier alpha value is -1.85. The van der Waals surface area contributed by atoms with Crippen LogP contribution in [-0.2, 0) is 4.79 Å². The maximum atomic E-state index is 10.4. The van der Waals surface area contributed by atoms with E-state index in [1.165, 1.54) is 6.20 Å². The van der Waals surface area contributed by atoms with E-state index in [0.717, 1.165) is 12.4 Å². The molecule has 0 aromatic rings. The van der Waals surface area contributed by atoms with Crippen LogP contribution < -0.4 is 0 Å². The van der Waals surface area contributed by atoms with Gasteiger partial charge in [-0.05, 0) is 0 Å². The Kier molecular flexibility index (Phi) is 2.09. The predicted octanol–water partition coefficient (Wildman–Crippen LogP) is -0.0248. The second-order valence-corrected chi connectivity index (χ2v) is 2.07. The fraction of sp³-hybridized carbons (Fsp3) is 0.167. The molecule has 1 atom stereocenters. The summed E-state index contributed by atoms with van der Waals surface area (Å²) in [5, 5.41) is 17.0. The van der Waals surface area contributed by atoms with Gasteiger partial charge in [0, 0.05) is 18.6 Å². The molecule has 6 heteroatoms. The van der Waals surface area contributed by atoms with Crippen molar-refractivity contribution in [1.29, 1.82) is 0 Å². The Morgan fingerprint density at radius 3 is 2.50 bits per heavy atom. The summed E-state index contributed by atoms with van der Waals surface area (Å²) in [4.78, 5) is 25.0. The zero-order chi connectivity index (χ0) is 9.14. The van der Waals surface area contributed by atoms with Gasteiger partial charge in [-0.25, -0.2) is 9.59 Å². The molecule has 0 bridgehead atoms. The van der Waals surface area contributed by atoms with Crippen LogP contribution in [0.5, 0.6) is 0 Å². The van der Waals surface area contributed by atoms with Crippen molar-refractivity contribution in [2.75, 3.05) is 0 Å². The molecule has 12 heavy (non-hydrogen) atoms. The summed E-state index contributed by atoms with van der Waals surface area (Å²) in [7, 11) is 0. The van der Waals surface area contributed by atoms with Gasteiger partial charge in [0.2, 0.25) is 0 Å². The fourth-order valence-electron chi connectivity index (χ4n) is 0.772. The molecule has 1 heterocycles. The predicted molar refractivity (Wildman–Crippen MR) is 38.9 cm³/mol. The van der Waals surface area contributed by atoms with Gasteiger partial charge in [0.25, 0.3) is 0 Å². The van der Waals surface area contributed by atoms with Crippen molar-refractivity contribution in [1.82, 2.24) is 4.90 Å². The zero-order valence-electron chi connectivity index (χ0n) is 5.91. The molecule has 0 saturated heterocycles. The number of carboxylic acids is 1. The molecule has 0 aromatic carbocycles. The van der Waals surface area contributed by atoms with Crippen LogP contribution in [0, 0.1) is 0 Å². The highest BCUT2D eigenvalue weighted by atomic mass is 16.4. The minimum absolute atomic E-state index is 0.662. The first-order chi connectivity index (χ1) is 5.63. The Labute approximate surface area is 67.4 Å². The highest BCUT2D eigenvalue weighted by Crippen LogP contribution is 2.04. The van der Waals surface area contributed by atoms with Crippen LogP contribution in [0.15, 0.2) is 17.4 Å². The van der Waals surface area contributed by atoms with Gasteiger partial charge in [-0.2, -0.15) is 0 Å². The van der Waals surface area contributed by atoms with Crippen LogP contribution in [0.4, 0.5) is 4.79 Å². The van der Waals surface area contributed by atoms with Crippen LogP contribution in [-0.4, -0.2) is 39.4 Å². The number of nitrogens with zero attached hydrogens (tertiary/aromatic N) is 2. The highest BCUT2D eigenvalue weighted by Gasteiger charge is 2.27. The number of hydrogen-bond donors (Lipinski definition) is 2. The number of rotatable bonds is 1. The molecule has 0 saturated carbocycles. The summed E-state index contributed by atoms with van der Waals surface area (Å²) in [5.74, 6) is -1.24. The lowest BCUT2D eigenvalue weighted by Gasteiger charge is -2.20. The van der Waals surface area contributed by atoms with Gasteiger partial charge in [-0.1, -0.05) is 0 Å². The Morgan fingerprint density at radius 2 is 2.08 bits per heavy atom. The second kappa shape index (κ2) is 3.04. The van der Waals surface area contributed by atoms with Gasteiger partial charge in [0.1, 0.15) is 0 Å². The minimum Gasteiger partial charge on any atom is -0.479 e. The molecule has 0 aliphatic carbocycles. The topological polar surface area (TPSA) is 90.2 Å². The normalized spacial score (nSPS) is 21.0. The molecule has 64 valence electrons. The molecule has 0 radical (unpaired) electrons. The number of amides is 1. The first-order valence-corrected chi connectivity index (χ1v) is 3.07. The summed E-state index contributed by atoms with van der Waals surface area (Å²) in [5.41, 5.74) is 0. The molecule has 1 amide bonds. The highest BCUT2D eigenvalue weighted by molar-refractivity contribution is 5.97. The quantitative estimate of drug-likeness (QED) is 0.578. The van der Waals surface area contributed by atoms with Gasteiger partial charge in [0.15, 0.2) is 6.04 Å². The maximum Gasteiger partial charge on any atom is 0.412 e. The van der Waals surface area contributed by atoms with Crippen LogP contribution in [0.3, 0.4) is 0 Å². The van der Waals surface area contributed by atoms with Gasteiger partial charge >= 0.3 is 12.1 Å². The van der Waals surface area contributed by atoms with Gasteiger partial charge in [-0.15, -0.1) is 0 Å². The minimum atomic E-state index is -1.31. The zero-order valence-corrected chi connectivity index (χ0v) is 5.91. The molecule has 2 N–H and O–H groups in total. The lowest BCUT2D eigenvalue weighted by Crippen LogP contribution is -2.43. The molecular weight excluding hydrogens is 164 g/mol. The van der Waals surface area contributed by atoms with E-state index in [1.54, 1.807) is 0 Å². The Morgan fingerprint density at radius 1 is 1.42 bits per heavy atom. The van der Waals surface area contributed by atoms with Crippen LogP contribution in [0.2, 0.25) is 0 Å². The molecule has 0 aromatic heterocycles. The first kappa shape index (κ1) is 8.25. The number of aliphatic carboxylic acids is 1. The van der Waals surface area contributed by atoms with Crippen molar-refractivity contribution in [3.63, 3.8) is 0 Å². The summed E-state index contributed by atoms with van der Waals surface area (Å²) < 4.78 is 0. The molecule has 1 unspecified atom stereocenters. The average molecular weight is 170 g/mol. The standard InChI is InChI=1S/C6H6N2O4/c9-5(10)4-3-7-1-2-8(4)6(11)12/h1-4H,(H,9,10)(H,11,12). The van der Waals surface area contributed by atoms with Crippen molar-refractivity contribution >= 4 is 18.3 Å². The second-order valence-electron chi connectivity index (χ2n) is 2.07. The molecule has 1 aliphatic rings. The van der Waals surface area contributed by atoms with E-state index < -0.39 is 18.1 Å². The molecular formula is C6H6N2O4. The summed E-state index contributed by atoms with van der Waals surface area (Å²) >= 11 is 0. The number of carboxylic acid groups (broad SMARTS) is 2. The summed E-state index contributed by atoms with van der Waals surface area (Å²) in [6.07, 6.45) is 2.05. The van der Waals surface area contributed by atoms with Crippen LogP contribution in [0.1, 0.15) is 0 Å². The number of aliphatic imine (C=N–C) groups is 1. The Bertz CT molecular complexity index is 243. The van der Waals surface area contributed by atoms with Gasteiger partial charge < -0.3 is 10.2 Å². The van der Waals surface area contributed by atoms with E-state index in [1.807, 2.05) is 0 Å². The molecule has 1 aliphatic heterocycles. The molecule has 0 fully saturated rings. The van der Waals surface area contributed by atoms with E-state index >= 15 is 0 Å². The molecule has 0 spiro atoms. The smallest absolute Gasteiger partial charge is 0.412 e. The SMILES string of the molecule is O=C(O)C1C=NC=CN1C(=O)O. The van der Waals surface area contributed by atoms with E-state index in [0.29, 0.717) is 4.90 Å². The first-order valence-electron chi connectivity index (χ1n) is 3.07. The third kappa shape index (κ3) is 1.42. The van der Waals surface area contributed by atoms with Crippen molar-refractivity contribution < 1.29 is 19.8 Å². The van der Waals surface area contributed by atoms with Crippen molar-refractivity contribution in [2.45, 2.75) is 6.04 Å². The largest absolute Gasteiger partial charge is 0.479 e. The van der Waals surface area contributed by atoms with Crippen molar-refractivity contribution in [2.24, 2.45) is 4.99 Å². The van der Waals surface area contributed by atoms with Gasteiger partial charge in [-0.3, -0.25) is 9.89 Å². The van der Waals surface area contributed by atoms with Crippen LogP contribution >= 0.6 is 0 Å². The van der Waals surface area contributed by atoms with E-state index in [9.17, 15) is 9.59 Å². The lowest BCUT2D eigenvalue weighted by molar-refractivity contribution is -0.139. The monoisotopic (exact) mass is 170 g/mol. The Balaban J connectivity index is 2.85. The summed E-state index contributed by atoms with van der Waals surface area (Å²) in [6.45, 7) is 0. The fourth-order valence-corrected chi connectivity index (χ4v) is 0.772. The van der Waals surface area contributed by atoms with E-state index in [4.69, 9.17) is 10.2 Å². The van der Waals surface area contributed by atoms with Crippen molar-refractivity contribution in [3.05, 3.63) is 12.4 Å². The third-order valence-corrected chi connectivity index (χ3v) is 1.31. The van der Waals surface area contributed by atoms with Crippen molar-refractivity contribution in [3.8, 4) is 0 Å². The number of hydrogen-bond acceptors (Lipinski definition) is 3. The van der Waals surface area contributed by atoms with E-state index in [-0.39, 0.29) is 0 Å².